The van der Waals surface area contributed by atoms with Gasteiger partial charge in [-0.1, -0.05) is 23.2 Å². The molecule has 24 heavy (non-hydrogen) atoms. The Kier molecular flexibility index (Phi) is 6.55. The Hall–Kier alpha value is -0.800. The molecule has 1 aromatic carbocycles. The fourth-order valence-electron chi connectivity index (χ4n) is 1.83. The van der Waals surface area contributed by atoms with Crippen LogP contribution in [0.25, 0.3) is 0 Å². The van der Waals surface area contributed by atoms with Gasteiger partial charge in [-0.25, -0.2) is 13.1 Å². The van der Waals surface area contributed by atoms with Crippen LogP contribution in [0.5, 0.6) is 5.75 Å². The molecule has 0 spiro atoms. The lowest BCUT2D eigenvalue weighted by atomic mass is 10.2. The maximum absolute atomic E-state index is 12.3. The van der Waals surface area contributed by atoms with Crippen LogP contribution in [0.15, 0.2) is 33.6 Å². The molecule has 10 heteroatoms. The average Bonchev–Trinajstić information content (AvgIpc) is 2.78. The number of benzene rings is 1. The van der Waals surface area contributed by atoms with E-state index in [0.717, 1.165) is 11.3 Å². The second-order valence-electron chi connectivity index (χ2n) is 4.58. The van der Waals surface area contributed by atoms with Gasteiger partial charge in [0.2, 0.25) is 5.91 Å². The van der Waals surface area contributed by atoms with E-state index in [0.29, 0.717) is 31.1 Å². The number of carbonyl (C=O) groups is 1. The summed E-state index contributed by atoms with van der Waals surface area (Å²) in [5.41, 5.74) is 0.479. The van der Waals surface area contributed by atoms with Crippen LogP contribution in [-0.4, -0.2) is 20.9 Å². The Morgan fingerprint density at radius 1 is 1.33 bits per heavy atom. The molecule has 1 heterocycles. The number of ether oxygens (including phenoxy) is 1. The highest BCUT2D eigenvalue weighted by Crippen LogP contribution is 2.31. The van der Waals surface area contributed by atoms with Crippen molar-refractivity contribution in [2.24, 2.45) is 0 Å². The Labute approximate surface area is 162 Å². The molecule has 2 rings (SSSR count). The van der Waals surface area contributed by atoms with Crippen LogP contribution in [0.2, 0.25) is 8.67 Å². The summed E-state index contributed by atoms with van der Waals surface area (Å²) in [5.74, 6) is -0.182. The SMILES string of the molecule is CCOc1ccc(S(=O)(=O)NC(=O)Cc2cc(Cl)sc2Cl)cc1Br. The van der Waals surface area contributed by atoms with Crippen molar-refractivity contribution in [2.75, 3.05) is 6.61 Å². The molecule has 0 atom stereocenters. The molecule has 0 aliphatic carbocycles. The van der Waals surface area contributed by atoms with Gasteiger partial charge in [0.1, 0.15) is 5.75 Å². The molecule has 0 radical (unpaired) electrons. The van der Waals surface area contributed by atoms with Crippen molar-refractivity contribution in [3.63, 3.8) is 0 Å². The standard InChI is InChI=1S/C14H12BrCl2NO4S2/c1-2-22-11-4-3-9(7-10(11)15)24(20,21)18-13(19)6-8-5-12(16)23-14(8)17/h3-5,7H,2,6H2,1H3,(H,18,19). The van der Waals surface area contributed by atoms with Gasteiger partial charge in [-0.15, -0.1) is 11.3 Å². The number of rotatable bonds is 6. The highest BCUT2D eigenvalue weighted by atomic mass is 79.9. The van der Waals surface area contributed by atoms with Crippen LogP contribution in [0.3, 0.4) is 0 Å². The van der Waals surface area contributed by atoms with Gasteiger partial charge in [0.25, 0.3) is 10.0 Å². The number of thiophene rings is 1. The van der Waals surface area contributed by atoms with Crippen molar-refractivity contribution in [2.45, 2.75) is 18.2 Å². The summed E-state index contributed by atoms with van der Waals surface area (Å²) in [5, 5.41) is 0. The Morgan fingerprint density at radius 2 is 2.04 bits per heavy atom. The van der Waals surface area contributed by atoms with Gasteiger partial charge < -0.3 is 4.74 Å². The fourth-order valence-corrected chi connectivity index (χ4v) is 4.98. The zero-order valence-electron chi connectivity index (χ0n) is 12.3. The van der Waals surface area contributed by atoms with Crippen LogP contribution >= 0.6 is 50.5 Å². The summed E-state index contributed by atoms with van der Waals surface area (Å²) in [4.78, 5) is 11.9. The number of hydrogen-bond acceptors (Lipinski definition) is 5. The molecule has 0 saturated carbocycles. The number of hydrogen-bond donors (Lipinski definition) is 1. The monoisotopic (exact) mass is 471 g/mol. The van der Waals surface area contributed by atoms with Gasteiger partial charge in [0, 0.05) is 0 Å². The van der Waals surface area contributed by atoms with Crippen molar-refractivity contribution < 1.29 is 17.9 Å². The third-order valence-corrected chi connectivity index (χ3v) is 6.40. The van der Waals surface area contributed by atoms with E-state index >= 15 is 0 Å². The molecular weight excluding hydrogens is 461 g/mol. The zero-order valence-corrected chi connectivity index (χ0v) is 17.0. The number of sulfonamides is 1. The minimum atomic E-state index is -4.00. The Morgan fingerprint density at radius 3 is 2.58 bits per heavy atom. The van der Waals surface area contributed by atoms with Gasteiger partial charge >= 0.3 is 0 Å². The summed E-state index contributed by atoms with van der Waals surface area (Å²) in [6.45, 7) is 2.27. The smallest absolute Gasteiger partial charge is 0.264 e. The normalized spacial score (nSPS) is 11.3. The van der Waals surface area contributed by atoms with Crippen molar-refractivity contribution in [3.05, 3.63) is 43.0 Å². The molecule has 0 bridgehead atoms. The Balaban J connectivity index is 2.14. The maximum atomic E-state index is 12.3. The first-order valence-electron chi connectivity index (χ1n) is 6.64. The third-order valence-electron chi connectivity index (χ3n) is 2.84. The van der Waals surface area contributed by atoms with Crippen molar-refractivity contribution in [1.29, 1.82) is 0 Å². The van der Waals surface area contributed by atoms with Gasteiger partial charge in [-0.3, -0.25) is 4.79 Å². The van der Waals surface area contributed by atoms with Crippen molar-refractivity contribution >= 4 is 66.4 Å². The second-order valence-corrected chi connectivity index (χ2v) is 9.40. The number of amides is 1. The maximum Gasteiger partial charge on any atom is 0.264 e. The van der Waals surface area contributed by atoms with E-state index in [9.17, 15) is 13.2 Å². The average molecular weight is 473 g/mol. The first-order valence-corrected chi connectivity index (χ1v) is 10.5. The van der Waals surface area contributed by atoms with Gasteiger partial charge in [0.15, 0.2) is 0 Å². The predicted molar refractivity (Wildman–Crippen MR) is 98.7 cm³/mol. The lowest BCUT2D eigenvalue weighted by Crippen LogP contribution is -2.31. The van der Waals surface area contributed by atoms with Gasteiger partial charge in [-0.2, -0.15) is 0 Å². The number of halogens is 3. The topological polar surface area (TPSA) is 72.5 Å². The van der Waals surface area contributed by atoms with E-state index in [1.165, 1.54) is 24.3 Å². The Bertz CT molecular complexity index is 868. The molecule has 130 valence electrons. The molecule has 1 amide bonds. The van der Waals surface area contributed by atoms with E-state index < -0.39 is 15.9 Å². The van der Waals surface area contributed by atoms with Crippen LogP contribution in [-0.2, 0) is 21.2 Å². The summed E-state index contributed by atoms with van der Waals surface area (Å²) in [7, 11) is -4.00. The highest BCUT2D eigenvalue weighted by Gasteiger charge is 2.20. The summed E-state index contributed by atoms with van der Waals surface area (Å²) >= 11 is 16.1. The van der Waals surface area contributed by atoms with Crippen LogP contribution in [0.1, 0.15) is 12.5 Å². The van der Waals surface area contributed by atoms with Crippen molar-refractivity contribution in [3.8, 4) is 5.75 Å². The minimum Gasteiger partial charge on any atom is -0.493 e. The van der Waals surface area contributed by atoms with Crippen molar-refractivity contribution in [1.82, 2.24) is 4.72 Å². The molecule has 1 N–H and O–H groups in total. The quantitative estimate of drug-likeness (QED) is 0.681. The first kappa shape index (κ1) is 19.5. The van der Waals surface area contributed by atoms with Crippen LogP contribution in [0, 0.1) is 0 Å². The third kappa shape index (κ3) is 4.86. The summed E-state index contributed by atoms with van der Waals surface area (Å²) in [6, 6.07) is 5.78. The van der Waals surface area contributed by atoms with Gasteiger partial charge in [0.05, 0.1) is 31.1 Å². The van der Waals surface area contributed by atoms with E-state index in [1.54, 1.807) is 0 Å². The summed E-state index contributed by atoms with van der Waals surface area (Å²) in [6.07, 6.45) is -0.181. The highest BCUT2D eigenvalue weighted by molar-refractivity contribution is 9.10. The second kappa shape index (κ2) is 8.05. The lowest BCUT2D eigenvalue weighted by Gasteiger charge is -2.10. The predicted octanol–water partition coefficient (Wildman–Crippen LogP) is 4.26. The number of nitrogens with one attached hydrogen (secondary N) is 1. The van der Waals surface area contributed by atoms with Gasteiger partial charge in [-0.05, 0) is 52.7 Å². The van der Waals surface area contributed by atoms with E-state index in [4.69, 9.17) is 27.9 Å². The molecule has 0 fully saturated rings. The summed E-state index contributed by atoms with van der Waals surface area (Å²) < 4.78 is 33.2. The molecule has 2 aromatic rings. The largest absolute Gasteiger partial charge is 0.493 e. The van der Waals surface area contributed by atoms with E-state index in [2.05, 4.69) is 15.9 Å². The molecule has 0 aliphatic rings. The van der Waals surface area contributed by atoms with Crippen LogP contribution in [0.4, 0.5) is 0 Å². The molecule has 5 nitrogen and oxygen atoms in total. The number of carbonyl (C=O) groups excluding carboxylic acids is 1. The molecule has 0 aliphatic heterocycles. The first-order chi connectivity index (χ1) is 11.2. The minimum absolute atomic E-state index is 0.0550. The molecule has 0 saturated heterocycles. The molecular formula is C14H12BrCl2NO4S2. The van der Waals surface area contributed by atoms with E-state index in [-0.39, 0.29) is 11.3 Å². The molecule has 0 unspecified atom stereocenters. The fraction of sp³-hybridized carbons (Fsp3) is 0.214. The van der Waals surface area contributed by atoms with Crippen LogP contribution < -0.4 is 9.46 Å². The van der Waals surface area contributed by atoms with E-state index in [1.807, 2.05) is 11.6 Å². The lowest BCUT2D eigenvalue weighted by molar-refractivity contribution is -0.118. The molecule has 1 aromatic heterocycles. The zero-order chi connectivity index (χ0) is 17.9.